The van der Waals surface area contributed by atoms with Crippen molar-refractivity contribution < 1.29 is 9.90 Å². The summed E-state index contributed by atoms with van der Waals surface area (Å²) in [4.78, 5) is 17.1. The first-order valence-electron chi connectivity index (χ1n) is 8.74. The number of benzene rings is 2. The third kappa shape index (κ3) is 5.84. The van der Waals surface area contributed by atoms with E-state index in [0.29, 0.717) is 21.3 Å². The van der Waals surface area contributed by atoms with Crippen LogP contribution >= 0.6 is 23.2 Å². The monoisotopic (exact) mass is 404 g/mol. The lowest BCUT2D eigenvalue weighted by Gasteiger charge is -2.16. The number of halogens is 2. The number of carbonyl (C=O) groups excluding carboxylic acids is 1. The van der Waals surface area contributed by atoms with E-state index in [2.05, 4.69) is 10.3 Å². The van der Waals surface area contributed by atoms with Crippen molar-refractivity contribution in [3.05, 3.63) is 69.7 Å². The second kappa shape index (κ2) is 10.1. The molecule has 27 heavy (non-hydrogen) atoms. The Morgan fingerprint density at radius 1 is 1.11 bits per heavy atom. The van der Waals surface area contributed by atoms with Crippen molar-refractivity contribution in [2.24, 2.45) is 4.99 Å². The van der Waals surface area contributed by atoms with Gasteiger partial charge in [0.2, 0.25) is 0 Å². The zero-order valence-electron chi connectivity index (χ0n) is 15.2. The number of carbonyl (C=O) groups is 1. The van der Waals surface area contributed by atoms with E-state index in [1.807, 2.05) is 13.8 Å². The first-order valence-corrected chi connectivity index (χ1v) is 9.50. The third-order valence-electron chi connectivity index (χ3n) is 4.12. The van der Waals surface area contributed by atoms with Crippen molar-refractivity contribution in [2.75, 3.05) is 0 Å². The van der Waals surface area contributed by atoms with Crippen LogP contribution in [0.1, 0.15) is 32.3 Å². The topological polar surface area (TPSA) is 61.7 Å². The highest BCUT2D eigenvalue weighted by molar-refractivity contribution is 6.33. The fourth-order valence-electron chi connectivity index (χ4n) is 2.45. The number of nitrogens with zero attached hydrogens (tertiary/aromatic N) is 1. The average Bonchev–Trinajstić information content (AvgIpc) is 2.67. The van der Waals surface area contributed by atoms with E-state index in [1.165, 1.54) is 6.21 Å². The Morgan fingerprint density at radius 3 is 2.33 bits per heavy atom. The molecule has 2 aromatic rings. The smallest absolute Gasteiger partial charge is 0.256 e. The Kier molecular flexibility index (Phi) is 7.89. The van der Waals surface area contributed by atoms with Crippen LogP contribution in [0, 0.1) is 0 Å². The highest BCUT2D eigenvalue weighted by Crippen LogP contribution is 2.25. The molecule has 6 heteroatoms. The van der Waals surface area contributed by atoms with Crippen LogP contribution in [-0.2, 0) is 4.79 Å². The molecule has 0 heterocycles. The molecule has 0 unspecified atom stereocenters. The SMILES string of the molecule is CCC(CC)NC(=O)/C(C=Nc1ccc(Cl)cc1)=C(\O)c1ccccc1Cl. The Hall–Kier alpha value is -2.30. The second-order valence-corrected chi connectivity index (χ2v) is 6.81. The van der Waals surface area contributed by atoms with Crippen molar-refractivity contribution >= 4 is 46.8 Å². The summed E-state index contributed by atoms with van der Waals surface area (Å²) >= 11 is 12.1. The number of hydrogen-bond donors (Lipinski definition) is 2. The average molecular weight is 405 g/mol. The van der Waals surface area contributed by atoms with Crippen LogP contribution in [0.2, 0.25) is 10.0 Å². The minimum Gasteiger partial charge on any atom is -0.506 e. The molecule has 0 aliphatic rings. The van der Waals surface area contributed by atoms with Crippen LogP contribution in [0.25, 0.3) is 5.76 Å². The van der Waals surface area contributed by atoms with Gasteiger partial charge in [0.25, 0.3) is 5.91 Å². The predicted molar refractivity (Wildman–Crippen MR) is 113 cm³/mol. The molecule has 4 nitrogen and oxygen atoms in total. The summed E-state index contributed by atoms with van der Waals surface area (Å²) in [5.74, 6) is -0.624. The summed E-state index contributed by atoms with van der Waals surface area (Å²) in [6, 6.07) is 13.7. The normalized spacial score (nSPS) is 12.3. The highest BCUT2D eigenvalue weighted by atomic mass is 35.5. The standard InChI is InChI=1S/C21H22Cl2N2O2/c1-3-15(4-2)25-21(27)18(13-24-16-11-9-14(22)10-12-16)20(26)17-7-5-6-8-19(17)23/h5-13,15,26H,3-4H2,1-2H3,(H,25,27)/b20-18-,24-13?. The molecule has 0 atom stereocenters. The summed E-state index contributed by atoms with van der Waals surface area (Å²) < 4.78 is 0. The Bertz CT molecular complexity index is 842. The van der Waals surface area contributed by atoms with Crippen molar-refractivity contribution in [1.82, 2.24) is 5.32 Å². The number of nitrogens with one attached hydrogen (secondary N) is 1. The fourth-order valence-corrected chi connectivity index (χ4v) is 2.80. The summed E-state index contributed by atoms with van der Waals surface area (Å²) in [5, 5.41) is 14.6. The van der Waals surface area contributed by atoms with Crippen molar-refractivity contribution in [3.8, 4) is 0 Å². The molecule has 2 N–H and O–H groups in total. The molecule has 0 aliphatic carbocycles. The van der Waals surface area contributed by atoms with Crippen LogP contribution < -0.4 is 5.32 Å². The van der Waals surface area contributed by atoms with Crippen LogP contribution in [0.3, 0.4) is 0 Å². The van der Waals surface area contributed by atoms with Crippen molar-refractivity contribution in [1.29, 1.82) is 0 Å². The first kappa shape index (κ1) is 21.0. The molecule has 0 aliphatic heterocycles. The molecular formula is C21H22Cl2N2O2. The molecule has 2 aromatic carbocycles. The van der Waals surface area contributed by atoms with E-state index in [1.54, 1.807) is 48.5 Å². The molecule has 0 saturated heterocycles. The van der Waals surface area contributed by atoms with E-state index in [-0.39, 0.29) is 17.4 Å². The number of aliphatic hydroxyl groups excluding tert-OH is 1. The maximum atomic E-state index is 12.8. The zero-order chi connectivity index (χ0) is 19.8. The molecule has 2 rings (SSSR count). The van der Waals surface area contributed by atoms with Gasteiger partial charge in [0.05, 0.1) is 10.7 Å². The van der Waals surface area contributed by atoms with Gasteiger partial charge in [-0.3, -0.25) is 9.79 Å². The van der Waals surface area contributed by atoms with Crippen molar-refractivity contribution in [3.63, 3.8) is 0 Å². The lowest BCUT2D eigenvalue weighted by atomic mass is 10.1. The van der Waals surface area contributed by atoms with Crippen LogP contribution in [-0.4, -0.2) is 23.3 Å². The quantitative estimate of drug-likeness (QED) is 0.339. The summed E-state index contributed by atoms with van der Waals surface area (Å²) in [5.41, 5.74) is 1.03. The van der Waals surface area contributed by atoms with E-state index in [0.717, 1.165) is 12.8 Å². The molecule has 0 aromatic heterocycles. The van der Waals surface area contributed by atoms with E-state index in [9.17, 15) is 9.90 Å². The summed E-state index contributed by atoms with van der Waals surface area (Å²) in [6.07, 6.45) is 2.92. The van der Waals surface area contributed by atoms with Crippen LogP contribution in [0.5, 0.6) is 0 Å². The van der Waals surface area contributed by atoms with Gasteiger partial charge >= 0.3 is 0 Å². The molecule has 0 fully saturated rings. The van der Waals surface area contributed by atoms with Gasteiger partial charge in [-0.1, -0.05) is 49.2 Å². The van der Waals surface area contributed by atoms with Gasteiger partial charge in [0.1, 0.15) is 11.3 Å². The molecule has 0 spiro atoms. The molecular weight excluding hydrogens is 383 g/mol. The van der Waals surface area contributed by atoms with E-state index >= 15 is 0 Å². The number of hydrogen-bond acceptors (Lipinski definition) is 3. The highest BCUT2D eigenvalue weighted by Gasteiger charge is 2.19. The molecule has 142 valence electrons. The predicted octanol–water partition coefficient (Wildman–Crippen LogP) is 5.97. The van der Waals surface area contributed by atoms with Gasteiger partial charge in [-0.25, -0.2) is 0 Å². The summed E-state index contributed by atoms with van der Waals surface area (Å²) in [7, 11) is 0. The Labute approximate surface area is 169 Å². The second-order valence-electron chi connectivity index (χ2n) is 5.96. The minimum atomic E-state index is -0.404. The van der Waals surface area contributed by atoms with Gasteiger partial charge in [-0.05, 0) is 49.2 Å². The van der Waals surface area contributed by atoms with Gasteiger partial charge in [-0.2, -0.15) is 0 Å². The van der Waals surface area contributed by atoms with Gasteiger partial charge in [0, 0.05) is 22.8 Å². The fraction of sp³-hybridized carbons (Fsp3) is 0.238. The van der Waals surface area contributed by atoms with E-state index < -0.39 is 5.91 Å². The minimum absolute atomic E-state index is 0.00970. The lowest BCUT2D eigenvalue weighted by molar-refractivity contribution is -0.117. The number of aliphatic hydroxyl groups is 1. The van der Waals surface area contributed by atoms with Crippen LogP contribution in [0.15, 0.2) is 59.1 Å². The maximum absolute atomic E-state index is 12.8. The number of aliphatic imine (C=N–C) groups is 1. The van der Waals surface area contributed by atoms with E-state index in [4.69, 9.17) is 23.2 Å². The van der Waals surface area contributed by atoms with Crippen molar-refractivity contribution in [2.45, 2.75) is 32.7 Å². The molecule has 0 saturated carbocycles. The zero-order valence-corrected chi connectivity index (χ0v) is 16.8. The Balaban J connectivity index is 2.44. The van der Waals surface area contributed by atoms with Crippen LogP contribution in [0.4, 0.5) is 5.69 Å². The molecule has 0 bridgehead atoms. The van der Waals surface area contributed by atoms with Gasteiger partial charge in [0.15, 0.2) is 0 Å². The number of amides is 1. The maximum Gasteiger partial charge on any atom is 0.256 e. The summed E-state index contributed by atoms with van der Waals surface area (Å²) in [6.45, 7) is 3.99. The molecule has 0 radical (unpaired) electrons. The van der Waals surface area contributed by atoms with Gasteiger partial charge in [-0.15, -0.1) is 0 Å². The van der Waals surface area contributed by atoms with Gasteiger partial charge < -0.3 is 10.4 Å². The number of rotatable bonds is 7. The first-order chi connectivity index (χ1) is 13.0. The lowest BCUT2D eigenvalue weighted by Crippen LogP contribution is -2.35. The molecule has 1 amide bonds. The third-order valence-corrected chi connectivity index (χ3v) is 4.70. The largest absolute Gasteiger partial charge is 0.506 e. The Morgan fingerprint density at radius 2 is 1.74 bits per heavy atom.